The van der Waals surface area contributed by atoms with E-state index in [4.69, 9.17) is 11.1 Å². The zero-order valence-electron chi connectivity index (χ0n) is 11.2. The van der Waals surface area contributed by atoms with Crippen molar-refractivity contribution in [3.63, 3.8) is 0 Å². The SMILES string of the molecule is N=Cc1cc(C(=O)N2CCC(CN=O)CC2)ccc1N. The number of piperidine rings is 1. The molecule has 0 aromatic heterocycles. The Balaban J connectivity index is 2.05. The number of hydrogen-bond donors (Lipinski definition) is 2. The maximum atomic E-state index is 12.4. The standard InChI is InChI=1S/C14H18N4O2/c15-8-12-7-11(1-2-13(12)16)14(19)18-5-3-10(4-6-18)9-17-20/h1-2,7-8,10,15H,3-6,9,16H2. The van der Waals surface area contributed by atoms with Crippen molar-refractivity contribution < 1.29 is 4.79 Å². The zero-order valence-corrected chi connectivity index (χ0v) is 11.2. The monoisotopic (exact) mass is 274 g/mol. The van der Waals surface area contributed by atoms with E-state index < -0.39 is 0 Å². The molecule has 3 N–H and O–H groups in total. The summed E-state index contributed by atoms with van der Waals surface area (Å²) in [6.45, 7) is 1.62. The summed E-state index contributed by atoms with van der Waals surface area (Å²) in [7, 11) is 0. The van der Waals surface area contributed by atoms with Gasteiger partial charge in [0.15, 0.2) is 0 Å². The summed E-state index contributed by atoms with van der Waals surface area (Å²) in [5.74, 6) is 0.241. The van der Waals surface area contributed by atoms with Crippen molar-refractivity contribution >= 4 is 17.8 Å². The molecule has 1 aromatic carbocycles. The smallest absolute Gasteiger partial charge is 0.253 e. The maximum Gasteiger partial charge on any atom is 0.253 e. The number of hydrogen-bond acceptors (Lipinski definition) is 5. The summed E-state index contributed by atoms with van der Waals surface area (Å²) < 4.78 is 0. The predicted molar refractivity (Wildman–Crippen MR) is 78.0 cm³/mol. The van der Waals surface area contributed by atoms with Crippen molar-refractivity contribution in [2.24, 2.45) is 11.1 Å². The first kappa shape index (κ1) is 14.2. The number of nitrogen functional groups attached to an aromatic ring is 1. The van der Waals surface area contributed by atoms with Gasteiger partial charge in [-0.3, -0.25) is 4.79 Å². The number of carbonyl (C=O) groups is 1. The van der Waals surface area contributed by atoms with E-state index >= 15 is 0 Å². The molecule has 0 radical (unpaired) electrons. The molecule has 20 heavy (non-hydrogen) atoms. The number of amides is 1. The number of nitrogens with two attached hydrogens (primary N) is 1. The number of carbonyl (C=O) groups excluding carboxylic acids is 1. The first-order valence-corrected chi connectivity index (χ1v) is 6.64. The van der Waals surface area contributed by atoms with Gasteiger partial charge in [-0.15, -0.1) is 0 Å². The van der Waals surface area contributed by atoms with E-state index in [9.17, 15) is 9.70 Å². The molecule has 6 nitrogen and oxygen atoms in total. The van der Waals surface area contributed by atoms with Gasteiger partial charge in [0.05, 0.1) is 6.54 Å². The van der Waals surface area contributed by atoms with Crippen LogP contribution in [-0.4, -0.2) is 36.7 Å². The van der Waals surface area contributed by atoms with E-state index in [1.54, 1.807) is 23.1 Å². The summed E-state index contributed by atoms with van der Waals surface area (Å²) in [5.41, 5.74) is 7.30. The number of benzene rings is 1. The Morgan fingerprint density at radius 1 is 1.45 bits per heavy atom. The van der Waals surface area contributed by atoms with Gasteiger partial charge in [-0.05, 0) is 37.0 Å². The minimum absolute atomic E-state index is 0.0504. The van der Waals surface area contributed by atoms with Gasteiger partial charge in [0, 0.05) is 36.1 Å². The van der Waals surface area contributed by atoms with Crippen molar-refractivity contribution in [1.29, 1.82) is 5.41 Å². The molecule has 0 unspecified atom stereocenters. The third kappa shape index (κ3) is 3.01. The van der Waals surface area contributed by atoms with Gasteiger partial charge in [-0.25, -0.2) is 0 Å². The number of nitrogens with one attached hydrogen (secondary N) is 1. The zero-order chi connectivity index (χ0) is 14.5. The minimum atomic E-state index is -0.0504. The molecular formula is C14H18N4O2. The highest BCUT2D eigenvalue weighted by Crippen LogP contribution is 2.20. The molecule has 2 rings (SSSR count). The Kier molecular flexibility index (Phi) is 4.45. The van der Waals surface area contributed by atoms with Crippen LogP contribution >= 0.6 is 0 Å². The maximum absolute atomic E-state index is 12.4. The van der Waals surface area contributed by atoms with Crippen LogP contribution in [0.15, 0.2) is 23.4 Å². The molecule has 0 saturated carbocycles. The van der Waals surface area contributed by atoms with Crippen molar-refractivity contribution in [1.82, 2.24) is 4.90 Å². The summed E-state index contributed by atoms with van der Waals surface area (Å²) >= 11 is 0. The van der Waals surface area contributed by atoms with Gasteiger partial charge in [-0.2, -0.15) is 4.91 Å². The molecule has 0 spiro atoms. The van der Waals surface area contributed by atoms with E-state index in [0.29, 0.717) is 42.4 Å². The summed E-state index contributed by atoms with van der Waals surface area (Å²) in [5, 5.41) is 10.2. The average molecular weight is 274 g/mol. The number of nitroso groups, excluding NO2 is 1. The molecule has 0 atom stereocenters. The molecule has 106 valence electrons. The summed E-state index contributed by atoms with van der Waals surface area (Å²) in [6.07, 6.45) is 2.77. The van der Waals surface area contributed by atoms with Crippen LogP contribution in [-0.2, 0) is 0 Å². The van der Waals surface area contributed by atoms with Crippen molar-refractivity contribution in [2.45, 2.75) is 12.8 Å². The molecule has 1 aromatic rings. The number of rotatable bonds is 4. The van der Waals surface area contributed by atoms with Crippen LogP contribution in [0.25, 0.3) is 0 Å². The normalized spacial score (nSPS) is 15.9. The third-order valence-corrected chi connectivity index (χ3v) is 3.72. The van der Waals surface area contributed by atoms with Gasteiger partial charge in [0.1, 0.15) is 0 Å². The molecule has 1 amide bonds. The van der Waals surface area contributed by atoms with Crippen LogP contribution < -0.4 is 5.73 Å². The van der Waals surface area contributed by atoms with Gasteiger partial charge in [0.25, 0.3) is 5.91 Å². The van der Waals surface area contributed by atoms with Gasteiger partial charge in [0.2, 0.25) is 0 Å². The Hall–Kier alpha value is -2.24. The van der Waals surface area contributed by atoms with Crippen LogP contribution in [0, 0.1) is 16.2 Å². The van der Waals surface area contributed by atoms with Crippen LogP contribution in [0.4, 0.5) is 5.69 Å². The molecule has 0 bridgehead atoms. The molecular weight excluding hydrogens is 256 g/mol. The Morgan fingerprint density at radius 3 is 2.75 bits per heavy atom. The first-order chi connectivity index (χ1) is 9.65. The van der Waals surface area contributed by atoms with Gasteiger partial charge in [-0.1, -0.05) is 5.18 Å². The lowest BCUT2D eigenvalue weighted by atomic mass is 9.96. The Labute approximate surface area is 117 Å². The fraction of sp³-hybridized carbons (Fsp3) is 0.429. The second kappa shape index (κ2) is 6.27. The lowest BCUT2D eigenvalue weighted by Gasteiger charge is -2.31. The molecule has 1 aliphatic rings. The van der Waals surface area contributed by atoms with E-state index in [1.807, 2.05) is 0 Å². The second-order valence-electron chi connectivity index (χ2n) is 5.04. The highest BCUT2D eigenvalue weighted by Gasteiger charge is 2.23. The average Bonchev–Trinajstić information content (AvgIpc) is 2.48. The van der Waals surface area contributed by atoms with Crippen molar-refractivity contribution in [3.05, 3.63) is 34.2 Å². The fourth-order valence-electron chi connectivity index (χ4n) is 2.44. The van der Waals surface area contributed by atoms with Gasteiger partial charge < -0.3 is 16.0 Å². The lowest BCUT2D eigenvalue weighted by molar-refractivity contribution is 0.0693. The largest absolute Gasteiger partial charge is 0.398 e. The Morgan fingerprint density at radius 2 is 2.15 bits per heavy atom. The second-order valence-corrected chi connectivity index (χ2v) is 5.04. The fourth-order valence-corrected chi connectivity index (χ4v) is 2.44. The molecule has 1 heterocycles. The topological polar surface area (TPSA) is 99.6 Å². The van der Waals surface area contributed by atoms with Crippen molar-refractivity contribution in [2.75, 3.05) is 25.4 Å². The van der Waals surface area contributed by atoms with Gasteiger partial charge >= 0.3 is 0 Å². The van der Waals surface area contributed by atoms with Crippen LogP contribution in [0.5, 0.6) is 0 Å². The number of anilines is 1. The number of nitrogens with zero attached hydrogens (tertiary/aromatic N) is 2. The first-order valence-electron chi connectivity index (χ1n) is 6.64. The van der Waals surface area contributed by atoms with Crippen LogP contribution in [0.2, 0.25) is 0 Å². The van der Waals surface area contributed by atoms with E-state index in [0.717, 1.165) is 19.1 Å². The van der Waals surface area contributed by atoms with E-state index in [-0.39, 0.29) is 5.91 Å². The summed E-state index contributed by atoms with van der Waals surface area (Å²) in [6, 6.07) is 4.98. The van der Waals surface area contributed by atoms with E-state index in [1.165, 1.54) is 0 Å². The highest BCUT2D eigenvalue weighted by atomic mass is 16.3. The molecule has 1 saturated heterocycles. The van der Waals surface area contributed by atoms with Crippen LogP contribution in [0.3, 0.4) is 0 Å². The van der Waals surface area contributed by atoms with Crippen molar-refractivity contribution in [3.8, 4) is 0 Å². The molecule has 6 heteroatoms. The third-order valence-electron chi connectivity index (χ3n) is 3.72. The predicted octanol–water partition coefficient (Wildman–Crippen LogP) is 1.89. The molecule has 1 fully saturated rings. The Bertz CT molecular complexity index is 522. The molecule has 1 aliphatic heterocycles. The van der Waals surface area contributed by atoms with E-state index in [2.05, 4.69) is 5.18 Å². The minimum Gasteiger partial charge on any atom is -0.398 e. The van der Waals surface area contributed by atoms with Crippen LogP contribution in [0.1, 0.15) is 28.8 Å². The summed E-state index contributed by atoms with van der Waals surface area (Å²) in [4.78, 5) is 24.4. The quantitative estimate of drug-likeness (QED) is 0.498. The lowest BCUT2D eigenvalue weighted by Crippen LogP contribution is -2.39. The molecule has 0 aliphatic carbocycles. The number of likely N-dealkylation sites (tertiary alicyclic amines) is 1. The highest BCUT2D eigenvalue weighted by molar-refractivity contribution is 5.97.